The van der Waals surface area contributed by atoms with E-state index in [4.69, 9.17) is 15.2 Å². The van der Waals surface area contributed by atoms with Crippen LogP contribution < -0.4 is 11.1 Å². The Kier molecular flexibility index (Phi) is 10.2. The first kappa shape index (κ1) is 36.3. The molecule has 2 aliphatic heterocycles. The van der Waals surface area contributed by atoms with Crippen LogP contribution in [-0.4, -0.2) is 74.0 Å². The van der Waals surface area contributed by atoms with Crippen molar-refractivity contribution < 1.29 is 37.4 Å². The standard InChI is InChI=1S/C36H42F2N6O6/c1-35(2,3)49-29(45)14-13-28(31(39)46)44-19-25-23(33(44)47)9-10-24(30(25)38)27-11-7-20(32(41-27)42-34(48)50-36(4,5)6)16-43-17-21(18-43)26-12-8-22(37)15-40-26/h7-12,15,21,28H,13-14,16-19H2,1-6H3,(H2,39,46)(H,41,42,48)/t28-/m0/s1. The molecule has 0 saturated carbocycles. The Labute approximate surface area is 289 Å². The van der Waals surface area contributed by atoms with Crippen LogP contribution in [0.4, 0.5) is 19.4 Å². The number of benzene rings is 1. The average Bonchev–Trinajstić information content (AvgIpc) is 3.31. The summed E-state index contributed by atoms with van der Waals surface area (Å²) in [5.74, 6) is -2.78. The summed E-state index contributed by atoms with van der Waals surface area (Å²) in [5, 5.41) is 2.70. The van der Waals surface area contributed by atoms with Crippen molar-refractivity contribution in [2.24, 2.45) is 5.73 Å². The highest BCUT2D eigenvalue weighted by atomic mass is 19.1. The molecule has 3 aromatic rings. The number of ether oxygens (including phenoxy) is 2. The van der Waals surface area contributed by atoms with Gasteiger partial charge in [0.25, 0.3) is 5.91 Å². The van der Waals surface area contributed by atoms with E-state index in [1.165, 1.54) is 24.4 Å². The zero-order valence-electron chi connectivity index (χ0n) is 29.0. The molecule has 0 bridgehead atoms. The molecule has 1 fully saturated rings. The molecule has 3 N–H and O–H groups in total. The zero-order chi connectivity index (χ0) is 36.5. The molecule has 0 unspecified atom stereocenters. The van der Waals surface area contributed by atoms with Crippen LogP contribution in [0.1, 0.15) is 87.5 Å². The molecule has 3 amide bonds. The molecule has 0 spiro atoms. The third-order valence-electron chi connectivity index (χ3n) is 8.20. The average molecular weight is 693 g/mol. The molecule has 2 aromatic heterocycles. The first-order valence-corrected chi connectivity index (χ1v) is 16.4. The number of likely N-dealkylation sites (tertiary alicyclic amines) is 1. The largest absolute Gasteiger partial charge is 0.460 e. The summed E-state index contributed by atoms with van der Waals surface area (Å²) in [4.78, 5) is 63.0. The number of aromatic nitrogens is 2. The van der Waals surface area contributed by atoms with Crippen molar-refractivity contribution in [1.29, 1.82) is 0 Å². The second-order valence-electron chi connectivity index (χ2n) is 14.6. The van der Waals surface area contributed by atoms with Crippen molar-refractivity contribution in [3.8, 4) is 11.3 Å². The summed E-state index contributed by atoms with van der Waals surface area (Å²) in [6.07, 6.45) is 0.209. The number of anilines is 1. The number of carbonyl (C=O) groups is 4. The highest BCUT2D eigenvalue weighted by Crippen LogP contribution is 2.35. The number of nitrogens with one attached hydrogen (secondary N) is 1. The molecular formula is C36H42F2N6O6. The summed E-state index contributed by atoms with van der Waals surface area (Å²) in [7, 11) is 0. The minimum atomic E-state index is -1.16. The van der Waals surface area contributed by atoms with Crippen LogP contribution >= 0.6 is 0 Å². The van der Waals surface area contributed by atoms with E-state index in [-0.39, 0.29) is 53.5 Å². The second-order valence-corrected chi connectivity index (χ2v) is 14.6. The Hall–Kier alpha value is -4.98. The van der Waals surface area contributed by atoms with Crippen LogP contribution in [0, 0.1) is 11.6 Å². The molecule has 14 heteroatoms. The van der Waals surface area contributed by atoms with Crippen molar-refractivity contribution in [3.05, 3.63) is 76.6 Å². The fourth-order valence-electron chi connectivity index (χ4n) is 5.95. The number of hydrogen-bond acceptors (Lipinski definition) is 9. The smallest absolute Gasteiger partial charge is 0.413 e. The van der Waals surface area contributed by atoms with Gasteiger partial charge in [0, 0.05) is 59.9 Å². The Morgan fingerprint density at radius 2 is 1.66 bits per heavy atom. The quantitative estimate of drug-likeness (QED) is 0.269. The van der Waals surface area contributed by atoms with Gasteiger partial charge in [-0.1, -0.05) is 6.07 Å². The van der Waals surface area contributed by atoms with Crippen LogP contribution in [0.15, 0.2) is 42.6 Å². The van der Waals surface area contributed by atoms with E-state index in [1.807, 2.05) is 0 Å². The number of nitrogens with zero attached hydrogens (tertiary/aromatic N) is 4. The van der Waals surface area contributed by atoms with Gasteiger partial charge in [0.1, 0.15) is 34.7 Å². The molecule has 1 aromatic carbocycles. The van der Waals surface area contributed by atoms with Crippen molar-refractivity contribution in [2.45, 2.75) is 90.6 Å². The fourth-order valence-corrected chi connectivity index (χ4v) is 5.95. The SMILES string of the molecule is CC(C)(C)OC(=O)CC[C@@H](C(N)=O)N1Cc2c(ccc(-c3ccc(CN4CC(c5ccc(F)cn5)C4)c(NC(=O)OC(C)(C)C)n3)c2F)C1=O. The first-order chi connectivity index (χ1) is 23.4. The summed E-state index contributed by atoms with van der Waals surface area (Å²) in [5.41, 5.74) is 5.97. The number of fused-ring (bicyclic) bond motifs is 1. The highest BCUT2D eigenvalue weighted by Gasteiger charge is 2.38. The molecule has 5 rings (SSSR count). The number of carbonyl (C=O) groups excluding carboxylic acids is 4. The molecule has 0 aliphatic carbocycles. The normalized spacial score (nSPS) is 15.7. The van der Waals surface area contributed by atoms with Gasteiger partial charge >= 0.3 is 12.1 Å². The van der Waals surface area contributed by atoms with Gasteiger partial charge in [0.15, 0.2) is 0 Å². The minimum Gasteiger partial charge on any atom is -0.460 e. The van der Waals surface area contributed by atoms with Gasteiger partial charge in [0.2, 0.25) is 5.91 Å². The maximum Gasteiger partial charge on any atom is 0.413 e. The Balaban J connectivity index is 1.37. The van der Waals surface area contributed by atoms with Crippen LogP contribution in [0.5, 0.6) is 0 Å². The summed E-state index contributed by atoms with van der Waals surface area (Å²) >= 11 is 0. The number of esters is 1. The number of nitrogens with two attached hydrogens (primary N) is 1. The summed E-state index contributed by atoms with van der Waals surface area (Å²) in [6.45, 7) is 11.8. The van der Waals surface area contributed by atoms with E-state index >= 15 is 4.39 Å². The van der Waals surface area contributed by atoms with Crippen LogP contribution in [0.2, 0.25) is 0 Å². The van der Waals surface area contributed by atoms with Gasteiger partial charge in [-0.2, -0.15) is 0 Å². The molecule has 2 aliphatic rings. The minimum absolute atomic E-state index is 0.0598. The molecule has 266 valence electrons. The summed E-state index contributed by atoms with van der Waals surface area (Å²) in [6, 6.07) is 8.13. The molecule has 4 heterocycles. The number of rotatable bonds is 10. The van der Waals surface area contributed by atoms with E-state index < -0.39 is 52.8 Å². The number of pyridine rings is 2. The lowest BCUT2D eigenvalue weighted by Crippen LogP contribution is -2.45. The Bertz CT molecular complexity index is 1800. The van der Waals surface area contributed by atoms with Crippen LogP contribution in [-0.2, 0) is 32.2 Å². The van der Waals surface area contributed by atoms with E-state index in [2.05, 4.69) is 20.2 Å². The number of primary amides is 1. The molecule has 50 heavy (non-hydrogen) atoms. The van der Waals surface area contributed by atoms with Gasteiger partial charge in [-0.25, -0.2) is 18.6 Å². The van der Waals surface area contributed by atoms with Crippen LogP contribution in [0.3, 0.4) is 0 Å². The Morgan fingerprint density at radius 1 is 0.980 bits per heavy atom. The molecule has 1 saturated heterocycles. The van der Waals surface area contributed by atoms with E-state index in [0.717, 1.165) is 10.6 Å². The monoisotopic (exact) mass is 692 g/mol. The second kappa shape index (κ2) is 14.1. The lowest BCUT2D eigenvalue weighted by molar-refractivity contribution is -0.155. The fraction of sp³-hybridized carbons (Fsp3) is 0.444. The van der Waals surface area contributed by atoms with Gasteiger partial charge in [-0.3, -0.25) is 29.6 Å². The number of amides is 3. The predicted octanol–water partition coefficient (Wildman–Crippen LogP) is 5.30. The van der Waals surface area contributed by atoms with Crippen molar-refractivity contribution in [1.82, 2.24) is 19.8 Å². The van der Waals surface area contributed by atoms with Crippen LogP contribution in [0.25, 0.3) is 11.3 Å². The molecule has 0 radical (unpaired) electrons. The predicted molar refractivity (Wildman–Crippen MR) is 180 cm³/mol. The van der Waals surface area contributed by atoms with Crippen molar-refractivity contribution >= 4 is 29.7 Å². The molecular weight excluding hydrogens is 650 g/mol. The number of halogens is 2. The third kappa shape index (κ3) is 8.59. The van der Waals surface area contributed by atoms with Crippen molar-refractivity contribution in [2.75, 3.05) is 18.4 Å². The maximum atomic E-state index is 16.2. The van der Waals surface area contributed by atoms with E-state index in [1.54, 1.807) is 59.7 Å². The highest BCUT2D eigenvalue weighted by molar-refractivity contribution is 6.01. The van der Waals surface area contributed by atoms with Gasteiger partial charge in [-0.05, 0) is 78.3 Å². The molecule has 1 atom stereocenters. The van der Waals surface area contributed by atoms with Crippen molar-refractivity contribution in [3.63, 3.8) is 0 Å². The van der Waals surface area contributed by atoms with Gasteiger partial charge in [0.05, 0.1) is 18.4 Å². The molecule has 12 nitrogen and oxygen atoms in total. The maximum absolute atomic E-state index is 16.2. The van der Waals surface area contributed by atoms with E-state index in [0.29, 0.717) is 25.2 Å². The zero-order valence-corrected chi connectivity index (χ0v) is 29.0. The lowest BCUT2D eigenvalue weighted by Gasteiger charge is -2.39. The van der Waals surface area contributed by atoms with E-state index in [9.17, 15) is 23.6 Å². The lowest BCUT2D eigenvalue weighted by atomic mass is 9.95. The third-order valence-corrected chi connectivity index (χ3v) is 8.20. The Morgan fingerprint density at radius 3 is 2.28 bits per heavy atom. The first-order valence-electron chi connectivity index (χ1n) is 16.4. The topological polar surface area (TPSA) is 157 Å². The van der Waals surface area contributed by atoms with Gasteiger partial charge in [-0.15, -0.1) is 0 Å². The van der Waals surface area contributed by atoms with Gasteiger partial charge < -0.3 is 20.1 Å². The summed E-state index contributed by atoms with van der Waals surface area (Å²) < 4.78 is 40.3. The number of hydrogen-bond donors (Lipinski definition) is 2.